The molecule has 5 heterocycles. The molecule has 58 heavy (non-hydrogen) atoms. The lowest BCUT2D eigenvalue weighted by Gasteiger charge is -2.27. The topological polar surface area (TPSA) is 236 Å². The van der Waals surface area contributed by atoms with E-state index < -0.39 is 23.9 Å². The number of likely N-dealkylation sites (tertiary alicyclic amines) is 1. The number of ether oxygens (including phenoxy) is 1. The van der Waals surface area contributed by atoms with Gasteiger partial charge in [0.25, 0.3) is 5.91 Å². The summed E-state index contributed by atoms with van der Waals surface area (Å²) in [7, 11) is 1.58. The van der Waals surface area contributed by atoms with Gasteiger partial charge >= 0.3 is 0 Å². The molecule has 0 saturated carbocycles. The number of nitrogens with two attached hydrogens (primary N) is 3. The number of nitrogen functional groups attached to an aromatic ring is 2. The van der Waals surface area contributed by atoms with Crippen LogP contribution in [0.4, 0.5) is 16.0 Å². The smallest absolute Gasteiger partial charge is 0.254 e. The molecule has 1 saturated heterocycles. The second-order valence-electron chi connectivity index (χ2n) is 15.7. The van der Waals surface area contributed by atoms with Crippen molar-refractivity contribution >= 4 is 29.4 Å². The fourth-order valence-electron chi connectivity index (χ4n) is 7.64. The van der Waals surface area contributed by atoms with E-state index in [2.05, 4.69) is 50.5 Å². The van der Waals surface area contributed by atoms with E-state index in [1.807, 2.05) is 12.1 Å². The zero-order valence-corrected chi connectivity index (χ0v) is 33.3. The third kappa shape index (κ3) is 9.35. The van der Waals surface area contributed by atoms with Crippen LogP contribution in [0.1, 0.15) is 79.0 Å². The second-order valence-corrected chi connectivity index (χ2v) is 15.7. The molecule has 3 atom stereocenters. The van der Waals surface area contributed by atoms with Crippen molar-refractivity contribution in [2.75, 3.05) is 44.7 Å². The van der Waals surface area contributed by atoms with Crippen LogP contribution in [0.3, 0.4) is 0 Å². The van der Waals surface area contributed by atoms with Gasteiger partial charge in [-0.05, 0) is 80.5 Å². The molecule has 0 unspecified atom stereocenters. The van der Waals surface area contributed by atoms with Gasteiger partial charge in [0.2, 0.25) is 11.8 Å². The molecule has 3 aromatic heterocycles. The zero-order chi connectivity index (χ0) is 41.7. The molecule has 1 aromatic carbocycles. The van der Waals surface area contributed by atoms with Crippen molar-refractivity contribution in [3.05, 3.63) is 82.7 Å². The third-order valence-corrected chi connectivity index (χ3v) is 10.8. The number of hydrogen-bond donors (Lipinski definition) is 5. The van der Waals surface area contributed by atoms with Crippen LogP contribution < -0.4 is 32.6 Å². The summed E-state index contributed by atoms with van der Waals surface area (Å²) in [5.74, 6) is -0.722. The first-order valence-corrected chi connectivity index (χ1v) is 19.4. The molecule has 4 aromatic rings. The van der Waals surface area contributed by atoms with E-state index in [0.717, 1.165) is 12.1 Å². The molecular formula is C41H51FN12O4. The lowest BCUT2D eigenvalue weighted by Crippen LogP contribution is -2.50. The summed E-state index contributed by atoms with van der Waals surface area (Å²) >= 11 is 0. The Kier molecular flexibility index (Phi) is 12.6. The average Bonchev–Trinajstić information content (AvgIpc) is 3.67. The van der Waals surface area contributed by atoms with E-state index in [4.69, 9.17) is 21.9 Å². The van der Waals surface area contributed by atoms with Gasteiger partial charge in [-0.25, -0.2) is 19.0 Å². The second kappa shape index (κ2) is 17.6. The maximum absolute atomic E-state index is 14.4. The quantitative estimate of drug-likeness (QED) is 0.130. The molecule has 16 nitrogen and oxygen atoms in total. The molecule has 6 rings (SSSR count). The summed E-state index contributed by atoms with van der Waals surface area (Å²) in [6.07, 6.45) is 4.94. The van der Waals surface area contributed by atoms with E-state index in [1.54, 1.807) is 26.2 Å². The van der Waals surface area contributed by atoms with Crippen LogP contribution >= 0.6 is 0 Å². The first kappa shape index (κ1) is 41.5. The van der Waals surface area contributed by atoms with Crippen molar-refractivity contribution in [2.24, 2.45) is 11.1 Å². The van der Waals surface area contributed by atoms with Crippen molar-refractivity contribution in [1.29, 1.82) is 5.26 Å². The van der Waals surface area contributed by atoms with E-state index in [-0.39, 0.29) is 59.2 Å². The predicted octanol–water partition coefficient (Wildman–Crippen LogP) is 2.92. The first-order chi connectivity index (χ1) is 27.6. The van der Waals surface area contributed by atoms with E-state index in [1.165, 1.54) is 34.0 Å². The number of fused-ring (bicyclic) bond motifs is 5. The van der Waals surface area contributed by atoms with Crippen LogP contribution in [0, 0.1) is 22.6 Å². The number of nitrogens with zero attached hydrogens (tertiary/aromatic N) is 7. The van der Waals surface area contributed by atoms with Crippen LogP contribution in [-0.4, -0.2) is 92.6 Å². The highest BCUT2D eigenvalue weighted by molar-refractivity contribution is 5.96. The van der Waals surface area contributed by atoms with Crippen molar-refractivity contribution < 1.29 is 23.5 Å². The van der Waals surface area contributed by atoms with Gasteiger partial charge in [0.05, 0.1) is 18.3 Å². The minimum Gasteiger partial charge on any atom is -0.482 e. The molecule has 2 aliphatic heterocycles. The Hall–Kier alpha value is -6.12. The number of pyridine rings is 2. The van der Waals surface area contributed by atoms with Crippen LogP contribution in [0.25, 0.3) is 11.1 Å². The molecule has 306 valence electrons. The minimum atomic E-state index is -0.772. The minimum absolute atomic E-state index is 0.0233. The molecular weight excluding hydrogens is 744 g/mol. The van der Waals surface area contributed by atoms with Gasteiger partial charge in [-0.3, -0.25) is 14.4 Å². The van der Waals surface area contributed by atoms with Crippen LogP contribution in [0.5, 0.6) is 5.75 Å². The van der Waals surface area contributed by atoms with Gasteiger partial charge in [0.1, 0.15) is 36.0 Å². The number of carbonyl (C=O) groups excluding carboxylic acids is 3. The van der Waals surface area contributed by atoms with Gasteiger partial charge < -0.3 is 42.4 Å². The van der Waals surface area contributed by atoms with E-state index >= 15 is 0 Å². The number of nitrogens with one attached hydrogen (secondary N) is 2. The SMILES string of the molecule is C[C@H]1Oc2cc(cnc2N)-c2c(nn(CC(=O)NCCCN3C[C@H](NC(=O)[C@@H](N)CCCc4cccnc4N)C(C)(C)C3)c2C#N)CN(C)C(=O)c2ccc(F)cc21. The monoisotopic (exact) mass is 794 g/mol. The number of benzene rings is 1. The number of hydrogen-bond acceptors (Lipinski definition) is 12. The number of rotatable bonds is 12. The van der Waals surface area contributed by atoms with Crippen molar-refractivity contribution in [3.63, 3.8) is 0 Å². The van der Waals surface area contributed by atoms with E-state index in [9.17, 15) is 24.0 Å². The molecule has 0 radical (unpaired) electrons. The summed E-state index contributed by atoms with van der Waals surface area (Å²) < 4.78 is 21.8. The predicted molar refractivity (Wildman–Crippen MR) is 215 cm³/mol. The van der Waals surface area contributed by atoms with Gasteiger partial charge in [0, 0.05) is 67.4 Å². The highest BCUT2D eigenvalue weighted by Gasteiger charge is 2.40. The van der Waals surface area contributed by atoms with Gasteiger partial charge in [-0.2, -0.15) is 10.4 Å². The Bertz CT molecular complexity index is 2220. The number of aryl methyl sites for hydroxylation is 1. The van der Waals surface area contributed by atoms with Crippen molar-refractivity contribution in [3.8, 4) is 22.9 Å². The van der Waals surface area contributed by atoms with E-state index in [0.29, 0.717) is 73.5 Å². The van der Waals surface area contributed by atoms with Gasteiger partial charge in [0.15, 0.2) is 11.6 Å². The zero-order valence-electron chi connectivity index (χ0n) is 33.3. The largest absolute Gasteiger partial charge is 0.482 e. The summed E-state index contributed by atoms with van der Waals surface area (Å²) in [6, 6.07) is 10.7. The lowest BCUT2D eigenvalue weighted by atomic mass is 9.87. The number of carbonyl (C=O) groups is 3. The first-order valence-electron chi connectivity index (χ1n) is 19.4. The molecule has 3 amide bonds. The highest BCUT2D eigenvalue weighted by atomic mass is 19.1. The fourth-order valence-corrected chi connectivity index (χ4v) is 7.64. The Labute approximate surface area is 336 Å². The number of nitriles is 1. The standard InChI is InChI=1S/C41H51FN12O4/c1-24-29-17-27(42)11-12-28(29)40(57)52(4)20-31-36(26-16-33(58-24)38(46)49-19-26)32(18-43)54(51-31)22-35(55)47-14-7-15-53-21-34(41(2,3)23-53)50-39(56)30(44)10-5-8-25-9-6-13-48-37(25)45/h6,9,11-13,16-17,19,24,30,34H,5,7-8,10,14-15,20-23,44H2,1-4H3,(H2,45,48)(H2,46,49)(H,47,55)(H,50,56)/t24-,30+,34+/m1/s1. The molecule has 8 N–H and O–H groups in total. The average molecular weight is 795 g/mol. The van der Waals surface area contributed by atoms with Crippen LogP contribution in [-0.2, 0) is 29.1 Å². The van der Waals surface area contributed by atoms with Gasteiger partial charge in [-0.1, -0.05) is 19.9 Å². The summed E-state index contributed by atoms with van der Waals surface area (Å²) in [4.78, 5) is 52.1. The van der Waals surface area contributed by atoms with Crippen molar-refractivity contribution in [2.45, 2.75) is 77.7 Å². The fraction of sp³-hybridized carbons (Fsp3) is 0.439. The lowest BCUT2D eigenvalue weighted by molar-refractivity contribution is -0.124. The molecule has 0 aliphatic carbocycles. The number of amides is 3. The molecule has 2 bridgehead atoms. The maximum atomic E-state index is 14.4. The van der Waals surface area contributed by atoms with Crippen LogP contribution in [0.2, 0.25) is 0 Å². The molecule has 2 aliphatic rings. The molecule has 1 fully saturated rings. The summed E-state index contributed by atoms with van der Waals surface area (Å²) in [6.45, 7) is 8.12. The Balaban J connectivity index is 1.06. The number of anilines is 2. The summed E-state index contributed by atoms with van der Waals surface area (Å²) in [5, 5.41) is 21.1. The third-order valence-electron chi connectivity index (χ3n) is 10.8. The molecule has 0 spiro atoms. The number of halogens is 1. The Morgan fingerprint density at radius 1 is 1.16 bits per heavy atom. The summed E-state index contributed by atoms with van der Waals surface area (Å²) in [5.41, 5.74) is 21.0. The van der Waals surface area contributed by atoms with Gasteiger partial charge in [-0.15, -0.1) is 0 Å². The molecule has 17 heteroatoms. The van der Waals surface area contributed by atoms with Crippen LogP contribution in [0.15, 0.2) is 48.8 Å². The Morgan fingerprint density at radius 2 is 1.95 bits per heavy atom. The normalized spacial score (nSPS) is 18.2. The van der Waals surface area contributed by atoms with Crippen molar-refractivity contribution in [1.82, 2.24) is 40.2 Å². The maximum Gasteiger partial charge on any atom is 0.254 e. The number of aromatic nitrogens is 4. The highest BCUT2D eigenvalue weighted by Crippen LogP contribution is 2.36. The Morgan fingerprint density at radius 3 is 2.71 bits per heavy atom.